The van der Waals surface area contributed by atoms with Gasteiger partial charge in [-0.2, -0.15) is 0 Å². The number of ether oxygens (including phenoxy) is 1. The number of aromatic nitrogens is 1. The van der Waals surface area contributed by atoms with Crippen molar-refractivity contribution in [3.8, 4) is 0 Å². The fraction of sp³-hybridized carbons (Fsp3) is 0.389. The summed E-state index contributed by atoms with van der Waals surface area (Å²) in [5.74, 6) is 0. The van der Waals surface area contributed by atoms with Crippen LogP contribution in [-0.2, 0) is 4.74 Å². The molecule has 1 aromatic heterocycles. The topological polar surface area (TPSA) is 34.1 Å². The van der Waals surface area contributed by atoms with Crippen LogP contribution >= 0.6 is 11.6 Å². The van der Waals surface area contributed by atoms with Crippen LogP contribution in [0.4, 0.5) is 0 Å². The molecule has 0 spiro atoms. The number of benzene rings is 1. The molecule has 0 aliphatic heterocycles. The van der Waals surface area contributed by atoms with Gasteiger partial charge in [0.1, 0.15) is 5.15 Å². The van der Waals surface area contributed by atoms with Crippen molar-refractivity contribution in [3.05, 3.63) is 64.9 Å². The lowest BCUT2D eigenvalue weighted by molar-refractivity contribution is 0.0638. The monoisotopic (exact) mass is 318 g/mol. The summed E-state index contributed by atoms with van der Waals surface area (Å²) in [6, 6.07) is 14.4. The van der Waals surface area contributed by atoms with E-state index in [0.29, 0.717) is 5.15 Å². The van der Waals surface area contributed by atoms with Gasteiger partial charge in [-0.1, -0.05) is 41.9 Å². The summed E-state index contributed by atoms with van der Waals surface area (Å²) < 4.78 is 5.86. The van der Waals surface area contributed by atoms with Crippen molar-refractivity contribution in [2.24, 2.45) is 0 Å². The zero-order chi connectivity index (χ0) is 15.8. The number of nitrogens with one attached hydrogen (secondary N) is 1. The van der Waals surface area contributed by atoms with Gasteiger partial charge in [-0.3, -0.25) is 0 Å². The molecule has 0 radical (unpaired) electrons. The Labute approximate surface area is 137 Å². The van der Waals surface area contributed by atoms with Crippen molar-refractivity contribution < 1.29 is 4.74 Å². The Balaban J connectivity index is 1.65. The van der Waals surface area contributed by atoms with E-state index in [1.807, 2.05) is 30.3 Å². The summed E-state index contributed by atoms with van der Waals surface area (Å²) in [6.45, 7) is 5.86. The molecule has 0 unspecified atom stereocenters. The lowest BCUT2D eigenvalue weighted by Gasteiger charge is -2.16. The van der Waals surface area contributed by atoms with E-state index in [1.54, 1.807) is 6.20 Å². The van der Waals surface area contributed by atoms with Gasteiger partial charge >= 0.3 is 0 Å². The predicted octanol–water partition coefficient (Wildman–Crippen LogP) is 4.55. The maximum absolute atomic E-state index is 5.91. The third kappa shape index (κ3) is 5.41. The molecule has 3 nitrogen and oxygen atoms in total. The molecule has 22 heavy (non-hydrogen) atoms. The minimum Gasteiger partial charge on any atom is -0.374 e. The van der Waals surface area contributed by atoms with Crippen molar-refractivity contribution in [2.75, 3.05) is 13.2 Å². The van der Waals surface area contributed by atoms with E-state index in [0.717, 1.165) is 25.1 Å². The Morgan fingerprint density at radius 3 is 2.64 bits per heavy atom. The number of rotatable bonds is 8. The van der Waals surface area contributed by atoms with Crippen molar-refractivity contribution in [2.45, 2.75) is 32.4 Å². The second kappa shape index (κ2) is 8.89. The van der Waals surface area contributed by atoms with Gasteiger partial charge in [-0.15, -0.1) is 0 Å². The Hall–Kier alpha value is -1.42. The quantitative estimate of drug-likeness (QED) is 0.572. The third-order valence-electron chi connectivity index (χ3n) is 3.66. The number of hydrogen-bond acceptors (Lipinski definition) is 3. The first-order valence-electron chi connectivity index (χ1n) is 7.68. The van der Waals surface area contributed by atoms with Gasteiger partial charge in [0.2, 0.25) is 0 Å². The predicted molar refractivity (Wildman–Crippen MR) is 91.1 cm³/mol. The molecule has 0 aliphatic rings. The van der Waals surface area contributed by atoms with E-state index in [9.17, 15) is 0 Å². The van der Waals surface area contributed by atoms with Gasteiger partial charge < -0.3 is 10.1 Å². The molecule has 0 amide bonds. The van der Waals surface area contributed by atoms with E-state index in [-0.39, 0.29) is 12.1 Å². The fourth-order valence-electron chi connectivity index (χ4n) is 2.28. The van der Waals surface area contributed by atoms with Crippen LogP contribution in [0.5, 0.6) is 0 Å². The van der Waals surface area contributed by atoms with Crippen LogP contribution in [-0.4, -0.2) is 18.1 Å². The van der Waals surface area contributed by atoms with Gasteiger partial charge in [-0.05, 0) is 50.1 Å². The number of pyridine rings is 1. The highest BCUT2D eigenvalue weighted by atomic mass is 35.5. The number of nitrogens with zero attached hydrogens (tertiary/aromatic N) is 1. The minimum atomic E-state index is 0.137. The van der Waals surface area contributed by atoms with E-state index < -0.39 is 0 Å². The van der Waals surface area contributed by atoms with Gasteiger partial charge in [0.25, 0.3) is 0 Å². The molecule has 2 aromatic rings. The van der Waals surface area contributed by atoms with E-state index in [1.165, 1.54) is 5.56 Å². The van der Waals surface area contributed by atoms with Crippen molar-refractivity contribution in [1.29, 1.82) is 0 Å². The van der Waals surface area contributed by atoms with Gasteiger partial charge in [-0.25, -0.2) is 4.98 Å². The molecule has 118 valence electrons. The molecule has 1 heterocycles. The van der Waals surface area contributed by atoms with Crippen molar-refractivity contribution in [1.82, 2.24) is 10.3 Å². The molecule has 4 heteroatoms. The smallest absolute Gasteiger partial charge is 0.129 e. The van der Waals surface area contributed by atoms with E-state index in [4.69, 9.17) is 16.3 Å². The van der Waals surface area contributed by atoms with Gasteiger partial charge in [0, 0.05) is 18.8 Å². The highest BCUT2D eigenvalue weighted by molar-refractivity contribution is 6.29. The van der Waals surface area contributed by atoms with Crippen molar-refractivity contribution >= 4 is 11.6 Å². The molecular weight excluding hydrogens is 296 g/mol. The first-order valence-corrected chi connectivity index (χ1v) is 8.06. The van der Waals surface area contributed by atoms with Crippen LogP contribution in [0.3, 0.4) is 0 Å². The van der Waals surface area contributed by atoms with E-state index in [2.05, 4.69) is 36.3 Å². The van der Waals surface area contributed by atoms with Crippen LogP contribution in [0.25, 0.3) is 0 Å². The fourth-order valence-corrected chi connectivity index (χ4v) is 2.46. The molecule has 0 bridgehead atoms. The number of hydrogen-bond donors (Lipinski definition) is 1. The molecule has 0 aliphatic carbocycles. The average molecular weight is 319 g/mol. The summed E-state index contributed by atoms with van der Waals surface area (Å²) in [4.78, 5) is 4.00. The summed E-state index contributed by atoms with van der Waals surface area (Å²) in [7, 11) is 0. The second-order valence-electron chi connectivity index (χ2n) is 5.36. The lowest BCUT2D eigenvalue weighted by atomic mass is 10.1. The molecule has 2 atom stereocenters. The highest BCUT2D eigenvalue weighted by Crippen LogP contribution is 2.17. The molecule has 1 N–H and O–H groups in total. The summed E-state index contributed by atoms with van der Waals surface area (Å²) in [6.07, 6.45) is 2.85. The Morgan fingerprint density at radius 1 is 1.14 bits per heavy atom. The first kappa shape index (κ1) is 16.9. The van der Waals surface area contributed by atoms with Gasteiger partial charge in [0.05, 0.1) is 6.10 Å². The molecule has 0 fully saturated rings. The van der Waals surface area contributed by atoms with E-state index >= 15 is 0 Å². The van der Waals surface area contributed by atoms with Crippen LogP contribution in [0.15, 0.2) is 48.7 Å². The molecule has 0 saturated heterocycles. The standard InChI is InChI=1S/C18H23ClN2O/c1-14(17-9-11-21-18(19)13-17)20-10-6-12-22-15(2)16-7-4-3-5-8-16/h3-5,7-9,11,13-15,20H,6,10,12H2,1-2H3/t14-,15+/m0/s1. The summed E-state index contributed by atoms with van der Waals surface area (Å²) in [5.41, 5.74) is 2.37. The summed E-state index contributed by atoms with van der Waals surface area (Å²) in [5, 5.41) is 4.01. The van der Waals surface area contributed by atoms with Crippen LogP contribution in [0.2, 0.25) is 5.15 Å². The molecule has 1 aromatic carbocycles. The Bertz CT molecular complexity index is 562. The molecule has 2 rings (SSSR count). The first-order chi connectivity index (χ1) is 10.7. The second-order valence-corrected chi connectivity index (χ2v) is 5.75. The largest absolute Gasteiger partial charge is 0.374 e. The Kier molecular flexibility index (Phi) is 6.84. The average Bonchev–Trinajstić information content (AvgIpc) is 2.55. The lowest BCUT2D eigenvalue weighted by Crippen LogP contribution is -2.21. The minimum absolute atomic E-state index is 0.137. The highest BCUT2D eigenvalue weighted by Gasteiger charge is 2.06. The maximum atomic E-state index is 5.91. The SMILES string of the molecule is C[C@H](NCCCO[C@H](C)c1ccccc1)c1ccnc(Cl)c1. The van der Waals surface area contributed by atoms with Gasteiger partial charge in [0.15, 0.2) is 0 Å². The number of halogens is 1. The summed E-state index contributed by atoms with van der Waals surface area (Å²) >= 11 is 5.91. The normalized spacial score (nSPS) is 13.8. The zero-order valence-electron chi connectivity index (χ0n) is 13.1. The molecular formula is C18H23ClN2O. The third-order valence-corrected chi connectivity index (χ3v) is 3.87. The van der Waals surface area contributed by atoms with Crippen molar-refractivity contribution in [3.63, 3.8) is 0 Å². The molecule has 0 saturated carbocycles. The Morgan fingerprint density at radius 2 is 1.91 bits per heavy atom. The van der Waals surface area contributed by atoms with Crippen LogP contribution in [0, 0.1) is 0 Å². The zero-order valence-corrected chi connectivity index (χ0v) is 13.9. The van der Waals surface area contributed by atoms with Crippen LogP contribution in [0.1, 0.15) is 43.5 Å². The van der Waals surface area contributed by atoms with Crippen LogP contribution < -0.4 is 5.32 Å². The maximum Gasteiger partial charge on any atom is 0.129 e.